The number of carbonyl (C=O) groups is 2. The Morgan fingerprint density at radius 2 is 1.40 bits per heavy atom. The summed E-state index contributed by atoms with van der Waals surface area (Å²) in [5.74, 6) is -0.451. The molecule has 0 aliphatic rings. The fourth-order valence-electron chi connectivity index (χ4n) is 1.56. The van der Waals surface area contributed by atoms with Crippen LogP contribution in [0.25, 0.3) is 0 Å². The fourth-order valence-corrected chi connectivity index (χ4v) is 1.67. The third kappa shape index (κ3) is 5.65. The molecule has 0 spiro atoms. The topological polar surface area (TPSA) is 58.2 Å². The molecule has 1 aromatic rings. The van der Waals surface area contributed by atoms with E-state index in [1.165, 1.54) is 0 Å². The Morgan fingerprint density at radius 1 is 0.950 bits per heavy atom. The van der Waals surface area contributed by atoms with Crippen LogP contribution in [-0.2, 0) is 0 Å². The number of amides is 2. The highest BCUT2D eigenvalue weighted by molar-refractivity contribution is 7.81. The first kappa shape index (κ1) is 16.6. The van der Waals surface area contributed by atoms with Crippen LogP contribution in [0.2, 0.25) is 0 Å². The molecule has 0 aromatic heterocycles. The van der Waals surface area contributed by atoms with Gasteiger partial charge < -0.3 is 10.6 Å². The van der Waals surface area contributed by atoms with Gasteiger partial charge in [0.15, 0.2) is 0 Å². The van der Waals surface area contributed by atoms with E-state index in [1.54, 1.807) is 38.1 Å². The number of hydrogen-bond donors (Lipinski definition) is 3. The van der Waals surface area contributed by atoms with E-state index in [4.69, 9.17) is 0 Å². The van der Waals surface area contributed by atoms with Gasteiger partial charge in [-0.2, -0.15) is 12.6 Å². The molecule has 0 atom stereocenters. The van der Waals surface area contributed by atoms with Crippen molar-refractivity contribution in [1.29, 1.82) is 0 Å². The van der Waals surface area contributed by atoms with Gasteiger partial charge in [-0.1, -0.05) is 6.07 Å². The highest BCUT2D eigenvalue weighted by Gasteiger charge is 2.19. The molecule has 2 amide bonds. The minimum atomic E-state index is -0.610. The summed E-state index contributed by atoms with van der Waals surface area (Å²) in [7, 11) is 0. The maximum atomic E-state index is 12.1. The zero-order valence-electron chi connectivity index (χ0n) is 12.6. The summed E-state index contributed by atoms with van der Waals surface area (Å²) in [5, 5.41) is 5.61. The van der Waals surface area contributed by atoms with Crippen molar-refractivity contribution < 1.29 is 9.59 Å². The SMILES string of the molecule is CC(C)(C)NC(=O)c1cccc(C(=O)NC(C)(C)S)c1. The van der Waals surface area contributed by atoms with E-state index < -0.39 is 4.87 Å². The molecule has 0 aliphatic heterocycles. The molecule has 110 valence electrons. The predicted octanol–water partition coefficient (Wildman–Crippen LogP) is 2.61. The summed E-state index contributed by atoms with van der Waals surface area (Å²) in [6, 6.07) is 6.63. The third-order valence-corrected chi connectivity index (χ3v) is 2.41. The van der Waals surface area contributed by atoms with Crippen molar-refractivity contribution in [3.8, 4) is 0 Å². The first-order chi connectivity index (χ1) is 8.98. The molecular weight excluding hydrogens is 272 g/mol. The second kappa shape index (κ2) is 5.87. The van der Waals surface area contributed by atoms with Crippen LogP contribution < -0.4 is 10.6 Å². The monoisotopic (exact) mass is 294 g/mol. The Kier molecular flexibility index (Phi) is 4.86. The lowest BCUT2D eigenvalue weighted by molar-refractivity contribution is 0.0919. The number of nitrogens with one attached hydrogen (secondary N) is 2. The van der Waals surface area contributed by atoms with Gasteiger partial charge >= 0.3 is 0 Å². The van der Waals surface area contributed by atoms with E-state index in [-0.39, 0.29) is 17.4 Å². The van der Waals surface area contributed by atoms with Crippen LogP contribution in [0.15, 0.2) is 24.3 Å². The van der Waals surface area contributed by atoms with Crippen LogP contribution >= 0.6 is 12.6 Å². The normalized spacial score (nSPS) is 11.9. The molecule has 20 heavy (non-hydrogen) atoms. The lowest BCUT2D eigenvalue weighted by Gasteiger charge is -2.21. The van der Waals surface area contributed by atoms with Crippen molar-refractivity contribution in [1.82, 2.24) is 10.6 Å². The Morgan fingerprint density at radius 3 is 1.80 bits per heavy atom. The highest BCUT2D eigenvalue weighted by Crippen LogP contribution is 2.11. The maximum Gasteiger partial charge on any atom is 0.252 e. The van der Waals surface area contributed by atoms with Crippen molar-refractivity contribution in [3.63, 3.8) is 0 Å². The van der Waals surface area contributed by atoms with Gasteiger partial charge in [-0.05, 0) is 52.8 Å². The van der Waals surface area contributed by atoms with Gasteiger partial charge in [-0.3, -0.25) is 9.59 Å². The van der Waals surface area contributed by atoms with Crippen molar-refractivity contribution in [2.24, 2.45) is 0 Å². The molecule has 0 unspecified atom stereocenters. The van der Waals surface area contributed by atoms with Gasteiger partial charge in [0, 0.05) is 16.7 Å². The predicted molar refractivity (Wildman–Crippen MR) is 84.2 cm³/mol. The molecule has 4 nitrogen and oxygen atoms in total. The summed E-state index contributed by atoms with van der Waals surface area (Å²) in [6.45, 7) is 9.29. The Balaban J connectivity index is 2.91. The van der Waals surface area contributed by atoms with Crippen molar-refractivity contribution >= 4 is 24.4 Å². The molecule has 0 aliphatic carbocycles. The van der Waals surface area contributed by atoms with Gasteiger partial charge in [0.1, 0.15) is 0 Å². The molecule has 0 fully saturated rings. The summed E-state index contributed by atoms with van der Waals surface area (Å²) in [5.41, 5.74) is 0.584. The summed E-state index contributed by atoms with van der Waals surface area (Å²) < 4.78 is 0. The van der Waals surface area contributed by atoms with E-state index in [0.29, 0.717) is 11.1 Å². The van der Waals surface area contributed by atoms with Gasteiger partial charge in [0.2, 0.25) is 0 Å². The van der Waals surface area contributed by atoms with Crippen LogP contribution in [0.4, 0.5) is 0 Å². The summed E-state index contributed by atoms with van der Waals surface area (Å²) in [4.78, 5) is 23.5. The van der Waals surface area contributed by atoms with E-state index in [1.807, 2.05) is 20.8 Å². The largest absolute Gasteiger partial charge is 0.347 e. The summed E-state index contributed by atoms with van der Waals surface area (Å²) >= 11 is 4.26. The van der Waals surface area contributed by atoms with E-state index in [9.17, 15) is 9.59 Å². The van der Waals surface area contributed by atoms with Crippen molar-refractivity contribution in [3.05, 3.63) is 35.4 Å². The van der Waals surface area contributed by atoms with Crippen LogP contribution in [0.3, 0.4) is 0 Å². The van der Waals surface area contributed by atoms with Crippen LogP contribution in [0.5, 0.6) is 0 Å². The Labute approximate surface area is 125 Å². The lowest BCUT2D eigenvalue weighted by Crippen LogP contribution is -2.41. The minimum absolute atomic E-state index is 0.197. The first-order valence-corrected chi connectivity index (χ1v) is 6.90. The molecule has 0 radical (unpaired) electrons. The van der Waals surface area contributed by atoms with E-state index >= 15 is 0 Å². The molecule has 0 saturated heterocycles. The number of rotatable bonds is 3. The van der Waals surface area contributed by atoms with Crippen LogP contribution in [0.1, 0.15) is 55.3 Å². The number of benzene rings is 1. The second-order valence-corrected chi connectivity index (χ2v) is 7.42. The van der Waals surface area contributed by atoms with Crippen LogP contribution in [0, 0.1) is 0 Å². The fraction of sp³-hybridized carbons (Fsp3) is 0.467. The quantitative estimate of drug-likeness (QED) is 0.593. The average molecular weight is 294 g/mol. The molecule has 1 rings (SSSR count). The molecular formula is C15H22N2O2S. The zero-order chi connectivity index (χ0) is 15.6. The second-order valence-electron chi connectivity index (χ2n) is 6.30. The number of hydrogen-bond acceptors (Lipinski definition) is 3. The van der Waals surface area contributed by atoms with Gasteiger partial charge in [-0.15, -0.1) is 0 Å². The maximum absolute atomic E-state index is 12.1. The zero-order valence-corrected chi connectivity index (χ0v) is 13.5. The Bertz CT molecular complexity index is 470. The summed E-state index contributed by atoms with van der Waals surface area (Å²) in [6.07, 6.45) is 0. The third-order valence-electron chi connectivity index (χ3n) is 2.29. The Hall–Kier alpha value is -1.49. The molecule has 0 bridgehead atoms. The van der Waals surface area contributed by atoms with Gasteiger partial charge in [0.25, 0.3) is 11.8 Å². The van der Waals surface area contributed by atoms with Crippen molar-refractivity contribution in [2.75, 3.05) is 0 Å². The minimum Gasteiger partial charge on any atom is -0.347 e. The highest BCUT2D eigenvalue weighted by atomic mass is 32.1. The number of thiol groups is 1. The smallest absolute Gasteiger partial charge is 0.252 e. The van der Waals surface area contributed by atoms with Crippen molar-refractivity contribution in [2.45, 2.75) is 45.0 Å². The molecule has 0 saturated carbocycles. The molecule has 2 N–H and O–H groups in total. The van der Waals surface area contributed by atoms with Gasteiger partial charge in [0.05, 0.1) is 4.87 Å². The standard InChI is InChI=1S/C15H22N2O2S/c1-14(2,3)16-12(18)10-7-6-8-11(9-10)13(19)17-15(4,5)20/h6-9,20H,1-5H3,(H,16,18)(H,17,19). The molecule has 0 heterocycles. The van der Waals surface area contributed by atoms with Gasteiger partial charge in [-0.25, -0.2) is 0 Å². The van der Waals surface area contributed by atoms with E-state index in [2.05, 4.69) is 23.3 Å². The lowest BCUT2D eigenvalue weighted by atomic mass is 10.1. The van der Waals surface area contributed by atoms with E-state index in [0.717, 1.165) is 0 Å². The first-order valence-electron chi connectivity index (χ1n) is 6.45. The molecule has 5 heteroatoms. The average Bonchev–Trinajstić information content (AvgIpc) is 2.24. The van der Waals surface area contributed by atoms with Crippen LogP contribution in [-0.4, -0.2) is 22.2 Å². The molecule has 1 aromatic carbocycles. The number of carbonyl (C=O) groups excluding carboxylic acids is 2.